The average molecular weight is 493 g/mol. The van der Waals surface area contributed by atoms with Gasteiger partial charge in [-0.2, -0.15) is 0 Å². The molecule has 2 aromatic carbocycles. The van der Waals surface area contributed by atoms with Gasteiger partial charge in [0.2, 0.25) is 11.8 Å². The van der Waals surface area contributed by atoms with Gasteiger partial charge in [0.05, 0.1) is 7.11 Å². The Balaban J connectivity index is 1.36. The maximum Gasteiger partial charge on any atom is 0.253 e. The highest BCUT2D eigenvalue weighted by atomic mass is 16.5. The molecular weight excluding hydrogens is 456 g/mol. The van der Waals surface area contributed by atoms with Gasteiger partial charge in [-0.15, -0.1) is 0 Å². The minimum absolute atomic E-state index is 0.0702. The molecule has 8 nitrogen and oxygen atoms in total. The number of hydrogen-bond acceptors (Lipinski definition) is 5. The van der Waals surface area contributed by atoms with Crippen molar-refractivity contribution in [1.82, 2.24) is 15.1 Å². The second-order valence-electron chi connectivity index (χ2n) is 9.40. The van der Waals surface area contributed by atoms with Crippen LogP contribution < -0.4 is 15.0 Å². The summed E-state index contributed by atoms with van der Waals surface area (Å²) in [5.74, 6) is 0.653. The molecule has 1 N–H and O–H groups in total. The second kappa shape index (κ2) is 12.4. The largest absolute Gasteiger partial charge is 0.497 e. The van der Waals surface area contributed by atoms with Crippen molar-refractivity contribution in [3.63, 3.8) is 0 Å². The van der Waals surface area contributed by atoms with Gasteiger partial charge in [-0.1, -0.05) is 24.3 Å². The first kappa shape index (κ1) is 25.5. The molecule has 2 aromatic rings. The molecule has 1 unspecified atom stereocenters. The van der Waals surface area contributed by atoms with Crippen LogP contribution in [-0.4, -0.2) is 80.4 Å². The molecule has 0 aromatic heterocycles. The summed E-state index contributed by atoms with van der Waals surface area (Å²) in [6.45, 7) is 4.25. The molecule has 192 valence electrons. The van der Waals surface area contributed by atoms with E-state index in [-0.39, 0.29) is 30.1 Å². The predicted octanol–water partition coefficient (Wildman–Crippen LogP) is 2.79. The van der Waals surface area contributed by atoms with Crippen LogP contribution in [-0.2, 0) is 9.59 Å². The lowest BCUT2D eigenvalue weighted by Crippen LogP contribution is -2.50. The van der Waals surface area contributed by atoms with Crippen molar-refractivity contribution in [2.75, 3.05) is 57.8 Å². The van der Waals surface area contributed by atoms with Crippen molar-refractivity contribution < 1.29 is 19.1 Å². The van der Waals surface area contributed by atoms with E-state index in [1.54, 1.807) is 24.1 Å². The summed E-state index contributed by atoms with van der Waals surface area (Å²) >= 11 is 0. The van der Waals surface area contributed by atoms with Crippen LogP contribution in [0.5, 0.6) is 5.75 Å². The van der Waals surface area contributed by atoms with Crippen molar-refractivity contribution in [1.29, 1.82) is 0 Å². The van der Waals surface area contributed by atoms with E-state index in [1.807, 2.05) is 41.3 Å². The number of rotatable bonds is 4. The molecule has 2 saturated heterocycles. The monoisotopic (exact) mass is 492 g/mol. The zero-order valence-corrected chi connectivity index (χ0v) is 21.0. The third kappa shape index (κ3) is 6.56. The molecule has 3 amide bonds. The van der Waals surface area contributed by atoms with Crippen molar-refractivity contribution in [3.8, 4) is 5.75 Å². The number of amides is 3. The number of anilines is 1. The maximum absolute atomic E-state index is 13.5. The van der Waals surface area contributed by atoms with Crippen LogP contribution in [0.25, 0.3) is 0 Å². The second-order valence-corrected chi connectivity index (χ2v) is 9.40. The van der Waals surface area contributed by atoms with Crippen LogP contribution in [0.2, 0.25) is 0 Å². The van der Waals surface area contributed by atoms with Gasteiger partial charge in [0.15, 0.2) is 0 Å². The fourth-order valence-corrected chi connectivity index (χ4v) is 4.96. The van der Waals surface area contributed by atoms with Crippen molar-refractivity contribution in [3.05, 3.63) is 60.2 Å². The number of ether oxygens (including phenoxy) is 1. The summed E-state index contributed by atoms with van der Waals surface area (Å²) in [6.07, 6.45) is 2.31. The van der Waals surface area contributed by atoms with E-state index in [1.165, 1.54) is 0 Å². The molecular formula is C28H36N4O4. The van der Waals surface area contributed by atoms with Crippen LogP contribution >= 0.6 is 0 Å². The minimum Gasteiger partial charge on any atom is -0.497 e. The molecule has 2 aliphatic rings. The number of piperazine rings is 1. The smallest absolute Gasteiger partial charge is 0.253 e. The van der Waals surface area contributed by atoms with E-state index in [0.29, 0.717) is 51.1 Å². The molecule has 2 aliphatic heterocycles. The Morgan fingerprint density at radius 3 is 2.42 bits per heavy atom. The van der Waals surface area contributed by atoms with Crippen molar-refractivity contribution in [2.45, 2.75) is 25.7 Å². The van der Waals surface area contributed by atoms with Gasteiger partial charge >= 0.3 is 0 Å². The summed E-state index contributed by atoms with van der Waals surface area (Å²) in [7, 11) is 1.66. The molecule has 0 spiro atoms. The van der Waals surface area contributed by atoms with Gasteiger partial charge in [0.25, 0.3) is 5.91 Å². The van der Waals surface area contributed by atoms with Crippen LogP contribution in [0.15, 0.2) is 54.6 Å². The highest BCUT2D eigenvalue weighted by Crippen LogP contribution is 2.24. The SMILES string of the molecule is COc1cccc(N2CCN(C(=O)C3CCCN(C(=O)c4ccccc4)CCC(=O)NCC3)CC2)c1. The van der Waals surface area contributed by atoms with Crippen LogP contribution in [0.4, 0.5) is 5.69 Å². The topological polar surface area (TPSA) is 82.2 Å². The normalized spacial score (nSPS) is 19.8. The molecule has 0 bridgehead atoms. The highest BCUT2D eigenvalue weighted by molar-refractivity contribution is 5.94. The molecule has 0 aliphatic carbocycles. The standard InChI is InChI=1S/C28H36N4O4/c1-36-25-11-5-10-24(21-25)30-17-19-32(20-18-30)28(35)23-9-6-15-31(16-13-26(33)29-14-12-23)27(34)22-7-3-2-4-8-22/h2-5,7-8,10-11,21,23H,6,9,12-20H2,1H3,(H,29,33). The zero-order valence-electron chi connectivity index (χ0n) is 21.0. The van der Waals surface area contributed by atoms with Crippen LogP contribution in [0, 0.1) is 5.92 Å². The molecule has 8 heteroatoms. The third-order valence-corrected chi connectivity index (χ3v) is 7.07. The number of hydrogen-bond donors (Lipinski definition) is 1. The Morgan fingerprint density at radius 1 is 0.889 bits per heavy atom. The quantitative estimate of drug-likeness (QED) is 0.710. The van der Waals surface area contributed by atoms with Gasteiger partial charge in [0.1, 0.15) is 5.75 Å². The van der Waals surface area contributed by atoms with E-state index < -0.39 is 0 Å². The van der Waals surface area contributed by atoms with E-state index in [2.05, 4.69) is 16.3 Å². The number of nitrogens with zero attached hydrogens (tertiary/aromatic N) is 3. The average Bonchev–Trinajstić information content (AvgIpc) is 2.97. The first-order chi connectivity index (χ1) is 17.5. The van der Waals surface area contributed by atoms with E-state index >= 15 is 0 Å². The fraction of sp³-hybridized carbons (Fsp3) is 0.464. The summed E-state index contributed by atoms with van der Waals surface area (Å²) in [4.78, 5) is 44.8. The van der Waals surface area contributed by atoms with Gasteiger partial charge in [-0.3, -0.25) is 14.4 Å². The highest BCUT2D eigenvalue weighted by Gasteiger charge is 2.28. The molecule has 0 radical (unpaired) electrons. The van der Waals surface area contributed by atoms with E-state index in [0.717, 1.165) is 30.9 Å². The van der Waals surface area contributed by atoms with Gasteiger partial charge < -0.3 is 24.8 Å². The lowest BCUT2D eigenvalue weighted by molar-refractivity contribution is -0.136. The summed E-state index contributed by atoms with van der Waals surface area (Å²) in [6, 6.07) is 17.2. The fourth-order valence-electron chi connectivity index (χ4n) is 4.96. The molecule has 2 heterocycles. The Kier molecular flexibility index (Phi) is 8.81. The van der Waals surface area contributed by atoms with E-state index in [4.69, 9.17) is 4.74 Å². The minimum atomic E-state index is -0.166. The lowest BCUT2D eigenvalue weighted by Gasteiger charge is -2.37. The Hall–Kier alpha value is -3.55. The first-order valence-corrected chi connectivity index (χ1v) is 12.8. The molecule has 0 saturated carbocycles. The predicted molar refractivity (Wildman–Crippen MR) is 139 cm³/mol. The lowest BCUT2D eigenvalue weighted by atomic mass is 9.96. The number of methoxy groups -OCH3 is 1. The van der Waals surface area contributed by atoms with Crippen molar-refractivity contribution in [2.24, 2.45) is 5.92 Å². The number of nitrogens with one attached hydrogen (secondary N) is 1. The number of carbonyl (C=O) groups excluding carboxylic acids is 3. The molecule has 2 fully saturated rings. The Bertz CT molecular complexity index is 1040. The molecule has 36 heavy (non-hydrogen) atoms. The van der Waals surface area contributed by atoms with Gasteiger partial charge in [0, 0.05) is 75.5 Å². The van der Waals surface area contributed by atoms with E-state index in [9.17, 15) is 14.4 Å². The zero-order chi connectivity index (χ0) is 25.3. The molecule has 1 atom stereocenters. The summed E-state index contributed by atoms with van der Waals surface area (Å²) in [5.41, 5.74) is 1.72. The Labute approximate surface area is 213 Å². The summed E-state index contributed by atoms with van der Waals surface area (Å²) in [5, 5.41) is 2.94. The third-order valence-electron chi connectivity index (χ3n) is 7.07. The van der Waals surface area contributed by atoms with Crippen LogP contribution in [0.1, 0.15) is 36.0 Å². The van der Waals surface area contributed by atoms with Crippen LogP contribution in [0.3, 0.4) is 0 Å². The first-order valence-electron chi connectivity index (χ1n) is 12.8. The van der Waals surface area contributed by atoms with Crippen molar-refractivity contribution >= 4 is 23.4 Å². The van der Waals surface area contributed by atoms with Gasteiger partial charge in [-0.05, 0) is 43.5 Å². The Morgan fingerprint density at radius 2 is 1.67 bits per heavy atom. The number of benzene rings is 2. The maximum atomic E-state index is 13.5. The number of carbonyl (C=O) groups is 3. The molecule has 4 rings (SSSR count). The van der Waals surface area contributed by atoms with Gasteiger partial charge in [-0.25, -0.2) is 0 Å². The summed E-state index contributed by atoms with van der Waals surface area (Å²) < 4.78 is 5.34.